The number of ether oxygens (including phenoxy) is 1. The lowest BCUT2D eigenvalue weighted by Gasteiger charge is -2.31. The van der Waals surface area contributed by atoms with E-state index in [2.05, 4.69) is 6.58 Å². The van der Waals surface area contributed by atoms with Crippen molar-refractivity contribution < 1.29 is 19.4 Å². The first-order valence-corrected chi connectivity index (χ1v) is 5.96. The minimum absolute atomic E-state index is 0.158. The molecule has 1 N–H and O–H groups in total. The van der Waals surface area contributed by atoms with Crippen LogP contribution in [0.15, 0.2) is 12.7 Å². The minimum Gasteiger partial charge on any atom is -0.481 e. The normalized spacial score (nSPS) is 22.6. The van der Waals surface area contributed by atoms with Crippen LogP contribution in [0.4, 0.5) is 4.79 Å². The van der Waals surface area contributed by atoms with Crippen LogP contribution < -0.4 is 0 Å². The highest BCUT2D eigenvalue weighted by Gasteiger charge is 2.39. The van der Waals surface area contributed by atoms with Crippen molar-refractivity contribution in [2.75, 3.05) is 33.4 Å². The zero-order chi connectivity index (χ0) is 13.7. The molecule has 2 amide bonds. The summed E-state index contributed by atoms with van der Waals surface area (Å²) in [5.74, 6) is -1.58. The third-order valence-corrected chi connectivity index (χ3v) is 3.17. The molecule has 1 heterocycles. The Balaban J connectivity index is 2.73. The van der Waals surface area contributed by atoms with Crippen molar-refractivity contribution in [3.05, 3.63) is 12.7 Å². The molecule has 6 nitrogen and oxygen atoms in total. The van der Waals surface area contributed by atoms with Crippen LogP contribution in [0.3, 0.4) is 0 Å². The molecule has 1 saturated heterocycles. The largest absolute Gasteiger partial charge is 0.481 e. The number of likely N-dealkylation sites (N-methyl/N-ethyl adjacent to an activating group) is 2. The van der Waals surface area contributed by atoms with Gasteiger partial charge in [0.25, 0.3) is 0 Å². The maximum atomic E-state index is 12.2. The predicted octanol–water partition coefficient (Wildman–Crippen LogP) is 0.646. The number of carboxylic acids is 1. The van der Waals surface area contributed by atoms with Gasteiger partial charge in [-0.05, 0) is 6.92 Å². The van der Waals surface area contributed by atoms with E-state index in [1.165, 1.54) is 4.90 Å². The molecule has 18 heavy (non-hydrogen) atoms. The molecule has 0 aromatic rings. The predicted molar refractivity (Wildman–Crippen MR) is 66.3 cm³/mol. The minimum atomic E-state index is -0.927. The van der Waals surface area contributed by atoms with Gasteiger partial charge in [0.05, 0.1) is 19.3 Å². The van der Waals surface area contributed by atoms with E-state index in [1.54, 1.807) is 18.0 Å². The Morgan fingerprint density at radius 3 is 2.67 bits per heavy atom. The Hall–Kier alpha value is -1.56. The zero-order valence-corrected chi connectivity index (χ0v) is 10.8. The van der Waals surface area contributed by atoms with Gasteiger partial charge in [-0.15, -0.1) is 6.58 Å². The van der Waals surface area contributed by atoms with E-state index in [0.717, 1.165) is 0 Å². The van der Waals surface area contributed by atoms with Crippen LogP contribution in [0.25, 0.3) is 0 Å². The fourth-order valence-electron chi connectivity index (χ4n) is 2.02. The number of amides is 2. The van der Waals surface area contributed by atoms with E-state index >= 15 is 0 Å². The van der Waals surface area contributed by atoms with Crippen LogP contribution in [0.1, 0.15) is 6.92 Å². The number of carbonyl (C=O) groups is 2. The van der Waals surface area contributed by atoms with E-state index in [9.17, 15) is 9.59 Å². The van der Waals surface area contributed by atoms with Crippen LogP contribution in [0.2, 0.25) is 0 Å². The molecule has 1 aliphatic rings. The molecule has 0 saturated carbocycles. The summed E-state index contributed by atoms with van der Waals surface area (Å²) in [5.41, 5.74) is 0. The highest BCUT2D eigenvalue weighted by molar-refractivity contribution is 5.77. The lowest BCUT2D eigenvalue weighted by molar-refractivity contribution is -0.142. The number of hydrogen-bond donors (Lipinski definition) is 1. The molecular weight excluding hydrogens is 236 g/mol. The topological polar surface area (TPSA) is 70.1 Å². The average molecular weight is 256 g/mol. The number of nitrogens with zero attached hydrogens (tertiary/aromatic N) is 2. The summed E-state index contributed by atoms with van der Waals surface area (Å²) in [6, 6.07) is -0.604. The van der Waals surface area contributed by atoms with Crippen molar-refractivity contribution in [1.82, 2.24) is 9.80 Å². The Morgan fingerprint density at radius 1 is 1.50 bits per heavy atom. The van der Waals surface area contributed by atoms with Gasteiger partial charge in [0, 0.05) is 20.1 Å². The van der Waals surface area contributed by atoms with Gasteiger partial charge in [-0.1, -0.05) is 6.08 Å². The summed E-state index contributed by atoms with van der Waals surface area (Å²) in [7, 11) is 1.61. The molecule has 6 heteroatoms. The second kappa shape index (κ2) is 6.39. The SMILES string of the molecule is C=CCN(CC)C(=O)N(C)C1COCC1C(=O)O. The van der Waals surface area contributed by atoms with Crippen molar-refractivity contribution in [2.45, 2.75) is 13.0 Å². The van der Waals surface area contributed by atoms with Gasteiger partial charge in [-0.2, -0.15) is 0 Å². The first kappa shape index (κ1) is 14.5. The van der Waals surface area contributed by atoms with Crippen molar-refractivity contribution >= 4 is 12.0 Å². The van der Waals surface area contributed by atoms with Gasteiger partial charge in [-0.25, -0.2) is 4.79 Å². The second-order valence-electron chi connectivity index (χ2n) is 4.27. The van der Waals surface area contributed by atoms with Crippen LogP contribution in [0, 0.1) is 5.92 Å². The highest BCUT2D eigenvalue weighted by atomic mass is 16.5. The van der Waals surface area contributed by atoms with E-state index in [4.69, 9.17) is 9.84 Å². The summed E-state index contributed by atoms with van der Waals surface area (Å²) < 4.78 is 5.16. The van der Waals surface area contributed by atoms with Crippen molar-refractivity contribution in [1.29, 1.82) is 0 Å². The second-order valence-corrected chi connectivity index (χ2v) is 4.27. The fraction of sp³-hybridized carbons (Fsp3) is 0.667. The van der Waals surface area contributed by atoms with E-state index < -0.39 is 17.9 Å². The average Bonchev–Trinajstić information content (AvgIpc) is 2.83. The Kier molecular flexibility index (Phi) is 5.15. The van der Waals surface area contributed by atoms with Gasteiger partial charge >= 0.3 is 12.0 Å². The quantitative estimate of drug-likeness (QED) is 0.733. The standard InChI is InChI=1S/C12H20N2O4/c1-4-6-14(5-2)12(17)13(3)10-8-18-7-9(10)11(15)16/h4,9-10H,1,5-8H2,2-3H3,(H,15,16). The maximum Gasteiger partial charge on any atom is 0.320 e. The van der Waals surface area contributed by atoms with Crippen molar-refractivity contribution in [2.24, 2.45) is 5.92 Å². The highest BCUT2D eigenvalue weighted by Crippen LogP contribution is 2.20. The number of carbonyl (C=O) groups excluding carboxylic acids is 1. The van der Waals surface area contributed by atoms with Crippen molar-refractivity contribution in [3.8, 4) is 0 Å². The Bertz CT molecular complexity index is 332. The molecule has 2 unspecified atom stereocenters. The van der Waals surface area contributed by atoms with E-state index in [-0.39, 0.29) is 19.2 Å². The van der Waals surface area contributed by atoms with E-state index in [1.807, 2.05) is 6.92 Å². The molecule has 2 atom stereocenters. The first-order valence-electron chi connectivity index (χ1n) is 5.96. The third kappa shape index (κ3) is 3.01. The van der Waals surface area contributed by atoms with Crippen LogP contribution in [0.5, 0.6) is 0 Å². The summed E-state index contributed by atoms with van der Waals surface area (Å²) in [6.45, 7) is 6.90. The monoisotopic (exact) mass is 256 g/mol. The van der Waals surface area contributed by atoms with Gasteiger partial charge in [0.2, 0.25) is 0 Å². The molecule has 0 bridgehead atoms. The van der Waals surface area contributed by atoms with Gasteiger partial charge in [0.1, 0.15) is 5.92 Å². The molecular formula is C12H20N2O4. The first-order chi connectivity index (χ1) is 8.52. The van der Waals surface area contributed by atoms with Gasteiger partial charge < -0.3 is 19.6 Å². The Labute approximate surface area is 107 Å². The number of carboxylic acid groups (broad SMARTS) is 1. The number of rotatable bonds is 5. The third-order valence-electron chi connectivity index (χ3n) is 3.17. The molecule has 0 aromatic heterocycles. The maximum absolute atomic E-state index is 12.2. The fourth-order valence-corrected chi connectivity index (χ4v) is 2.02. The van der Waals surface area contributed by atoms with Gasteiger partial charge in [0.15, 0.2) is 0 Å². The van der Waals surface area contributed by atoms with Crippen LogP contribution in [-0.4, -0.2) is 66.3 Å². The molecule has 1 rings (SSSR count). The summed E-state index contributed by atoms with van der Waals surface area (Å²) in [4.78, 5) is 26.3. The van der Waals surface area contributed by atoms with Gasteiger partial charge in [-0.3, -0.25) is 4.79 Å². The number of urea groups is 1. The molecule has 1 fully saturated rings. The number of aliphatic carboxylic acids is 1. The molecule has 0 spiro atoms. The molecule has 0 aliphatic carbocycles. The number of hydrogen-bond acceptors (Lipinski definition) is 3. The molecule has 1 aliphatic heterocycles. The lowest BCUT2D eigenvalue weighted by Crippen LogP contribution is -2.49. The molecule has 0 aromatic carbocycles. The Morgan fingerprint density at radius 2 is 2.17 bits per heavy atom. The van der Waals surface area contributed by atoms with E-state index in [0.29, 0.717) is 13.1 Å². The molecule has 0 radical (unpaired) electrons. The summed E-state index contributed by atoms with van der Waals surface area (Å²) >= 11 is 0. The summed E-state index contributed by atoms with van der Waals surface area (Å²) in [5, 5.41) is 9.07. The summed E-state index contributed by atoms with van der Waals surface area (Å²) in [6.07, 6.45) is 1.65. The van der Waals surface area contributed by atoms with Crippen LogP contribution >= 0.6 is 0 Å². The van der Waals surface area contributed by atoms with Crippen LogP contribution in [-0.2, 0) is 9.53 Å². The lowest BCUT2D eigenvalue weighted by atomic mass is 10.0. The van der Waals surface area contributed by atoms with Crippen molar-refractivity contribution in [3.63, 3.8) is 0 Å². The zero-order valence-electron chi connectivity index (χ0n) is 10.8. The molecule has 102 valence electrons. The smallest absolute Gasteiger partial charge is 0.320 e.